The van der Waals surface area contributed by atoms with Gasteiger partial charge in [-0.1, -0.05) is 0 Å². The van der Waals surface area contributed by atoms with E-state index in [1.54, 1.807) is 6.92 Å². The van der Waals surface area contributed by atoms with Crippen molar-refractivity contribution in [3.05, 3.63) is 0 Å². The lowest BCUT2D eigenvalue weighted by Gasteiger charge is -2.30. The van der Waals surface area contributed by atoms with Crippen LogP contribution < -0.4 is 0 Å². The van der Waals surface area contributed by atoms with Crippen LogP contribution in [0.5, 0.6) is 0 Å². The van der Waals surface area contributed by atoms with Gasteiger partial charge in [-0.2, -0.15) is 0 Å². The van der Waals surface area contributed by atoms with Crippen LogP contribution in [0.3, 0.4) is 0 Å². The zero-order chi connectivity index (χ0) is 12.8. The molecule has 16 heavy (non-hydrogen) atoms. The zero-order valence-electron chi connectivity index (χ0n) is 10.8. The molecule has 0 fully saturated rings. The van der Waals surface area contributed by atoms with E-state index in [2.05, 4.69) is 32.6 Å². The highest BCUT2D eigenvalue weighted by molar-refractivity contribution is 8.54. The van der Waals surface area contributed by atoms with E-state index in [1.165, 1.54) is 0 Å². The topological polar surface area (TPSA) is 49.8 Å². The lowest BCUT2D eigenvalue weighted by atomic mass is 10.2. The molecule has 0 amide bonds. The van der Waals surface area contributed by atoms with Crippen molar-refractivity contribution in [2.75, 3.05) is 18.9 Å². The zero-order valence-corrected chi connectivity index (χ0v) is 12.6. The molecule has 1 unspecified atom stereocenters. The van der Waals surface area contributed by atoms with Crippen molar-refractivity contribution in [2.45, 2.75) is 46.7 Å². The molecule has 0 saturated carbocycles. The summed E-state index contributed by atoms with van der Waals surface area (Å²) in [6.45, 7) is 7.90. The van der Waals surface area contributed by atoms with Crippen molar-refractivity contribution in [3.8, 4) is 0 Å². The lowest BCUT2D eigenvalue weighted by molar-refractivity contribution is 0.187. The summed E-state index contributed by atoms with van der Waals surface area (Å²) in [7, 11) is 0. The Kier molecular flexibility index (Phi) is 7.94. The van der Waals surface area contributed by atoms with Crippen LogP contribution in [0, 0.1) is 0 Å². The van der Waals surface area contributed by atoms with E-state index < -0.39 is 6.80 Å². The molecule has 0 saturated heterocycles. The van der Waals surface area contributed by atoms with Gasteiger partial charge in [0, 0.05) is 24.4 Å². The number of rotatable bonds is 8. The molecule has 0 aromatic carbocycles. The van der Waals surface area contributed by atoms with E-state index in [4.69, 9.17) is 4.52 Å². The van der Waals surface area contributed by atoms with Gasteiger partial charge < -0.3 is 9.42 Å². The summed E-state index contributed by atoms with van der Waals surface area (Å²) in [6, 6.07) is 0.900. The molecule has 1 N–H and O–H groups in total. The third-order valence-electron chi connectivity index (χ3n) is 2.22. The molecule has 0 rings (SSSR count). The Morgan fingerprint density at radius 2 is 1.81 bits per heavy atom. The van der Waals surface area contributed by atoms with Crippen LogP contribution in [-0.4, -0.2) is 40.8 Å². The Morgan fingerprint density at radius 1 is 1.31 bits per heavy atom. The van der Waals surface area contributed by atoms with E-state index >= 15 is 0 Å². The normalized spacial score (nSPS) is 16.1. The molecule has 0 spiro atoms. The fourth-order valence-corrected chi connectivity index (χ4v) is 3.98. The molecule has 0 heterocycles. The fraction of sp³-hybridized carbons (Fsp3) is 1.00. The predicted octanol–water partition coefficient (Wildman–Crippen LogP) is 2.98. The van der Waals surface area contributed by atoms with Crippen LogP contribution in [0.1, 0.15) is 34.6 Å². The van der Waals surface area contributed by atoms with Gasteiger partial charge in [-0.25, -0.2) is 4.57 Å². The van der Waals surface area contributed by atoms with Gasteiger partial charge in [0.05, 0.1) is 6.61 Å². The second kappa shape index (κ2) is 7.72. The minimum absolute atomic E-state index is 0.277. The smallest absolute Gasteiger partial charge is 0.316 e. The highest BCUT2D eigenvalue weighted by Crippen LogP contribution is 2.55. The maximum Gasteiger partial charge on any atom is 0.386 e. The first kappa shape index (κ1) is 16.5. The molecule has 0 aliphatic carbocycles. The molecule has 98 valence electrons. The predicted molar refractivity (Wildman–Crippen MR) is 70.9 cm³/mol. The summed E-state index contributed by atoms with van der Waals surface area (Å²) in [5.41, 5.74) is 0. The lowest BCUT2D eigenvalue weighted by Crippen LogP contribution is -2.38. The Bertz CT molecular complexity index is 228. The molecule has 0 aliphatic rings. The monoisotopic (exact) mass is 269 g/mol. The van der Waals surface area contributed by atoms with Gasteiger partial charge >= 0.3 is 6.80 Å². The minimum atomic E-state index is -3.42. The Morgan fingerprint density at radius 3 is 2.19 bits per heavy atom. The van der Waals surface area contributed by atoms with E-state index in [0.29, 0.717) is 17.8 Å². The van der Waals surface area contributed by atoms with Crippen LogP contribution >= 0.6 is 18.2 Å². The largest absolute Gasteiger partial charge is 0.386 e. The van der Waals surface area contributed by atoms with Crippen LogP contribution in [0.4, 0.5) is 0 Å². The van der Waals surface area contributed by atoms with Gasteiger partial charge in [-0.15, -0.1) is 0 Å². The van der Waals surface area contributed by atoms with Crippen molar-refractivity contribution < 1.29 is 14.0 Å². The first-order chi connectivity index (χ1) is 7.30. The van der Waals surface area contributed by atoms with Crippen LogP contribution in [0.2, 0.25) is 0 Å². The second-order valence-corrected chi connectivity index (χ2v) is 8.17. The molecule has 0 bridgehead atoms. The van der Waals surface area contributed by atoms with Crippen molar-refractivity contribution in [1.29, 1.82) is 0 Å². The number of hydrogen-bond acceptors (Lipinski definition) is 4. The van der Waals surface area contributed by atoms with Gasteiger partial charge in [0.25, 0.3) is 0 Å². The summed E-state index contributed by atoms with van der Waals surface area (Å²) < 4.78 is 16.2. The minimum Gasteiger partial charge on any atom is -0.316 e. The van der Waals surface area contributed by atoms with Crippen LogP contribution in [0.25, 0.3) is 0 Å². The third-order valence-corrected chi connectivity index (χ3v) is 5.34. The van der Waals surface area contributed by atoms with Gasteiger partial charge in [-0.3, -0.25) is 4.90 Å². The summed E-state index contributed by atoms with van der Waals surface area (Å²) in [5.74, 6) is 0.615. The van der Waals surface area contributed by atoms with Crippen LogP contribution in [0.15, 0.2) is 0 Å². The van der Waals surface area contributed by atoms with Crippen molar-refractivity contribution in [3.63, 3.8) is 0 Å². The standard InChI is InChI=1S/C10H24NO3PS/c1-6-14-15(12,13)16-8-7-11(9(2)3)10(4)5/h9-10H,6-8H2,1-5H3,(H,12,13). The molecule has 1 atom stereocenters. The van der Waals surface area contributed by atoms with Crippen LogP contribution in [-0.2, 0) is 9.09 Å². The van der Waals surface area contributed by atoms with Crippen molar-refractivity contribution in [1.82, 2.24) is 4.90 Å². The molecule has 0 aliphatic heterocycles. The van der Waals surface area contributed by atoms with Gasteiger partial charge in [0.2, 0.25) is 0 Å². The summed E-state index contributed by atoms with van der Waals surface area (Å²) in [6.07, 6.45) is 0. The van der Waals surface area contributed by atoms with Gasteiger partial charge in [-0.05, 0) is 46.0 Å². The Balaban J connectivity index is 4.00. The molecule has 6 heteroatoms. The first-order valence-electron chi connectivity index (χ1n) is 5.67. The van der Waals surface area contributed by atoms with Crippen molar-refractivity contribution >= 4 is 18.2 Å². The number of hydrogen-bond donors (Lipinski definition) is 1. The molecule has 0 radical (unpaired) electrons. The highest BCUT2D eigenvalue weighted by Gasteiger charge is 2.20. The van der Waals surface area contributed by atoms with E-state index in [-0.39, 0.29) is 6.61 Å². The highest BCUT2D eigenvalue weighted by atomic mass is 32.7. The second-order valence-electron chi connectivity index (χ2n) is 4.14. The average molecular weight is 269 g/mol. The average Bonchev–Trinajstić information content (AvgIpc) is 2.10. The Labute approximate surface area is 103 Å². The van der Waals surface area contributed by atoms with Gasteiger partial charge in [0.15, 0.2) is 0 Å². The van der Waals surface area contributed by atoms with Gasteiger partial charge in [0.1, 0.15) is 0 Å². The molecular formula is C10H24NO3PS. The summed E-state index contributed by atoms with van der Waals surface area (Å²) >= 11 is 1.01. The fourth-order valence-electron chi connectivity index (χ4n) is 1.57. The van der Waals surface area contributed by atoms with Crippen molar-refractivity contribution in [2.24, 2.45) is 0 Å². The summed E-state index contributed by atoms with van der Waals surface area (Å²) in [5, 5.41) is 0. The van der Waals surface area contributed by atoms with E-state index in [0.717, 1.165) is 17.9 Å². The maximum absolute atomic E-state index is 11.4. The number of nitrogens with zero attached hydrogens (tertiary/aromatic N) is 1. The molecule has 0 aromatic rings. The SMILES string of the molecule is CCOP(=O)(O)SCCN(C(C)C)C(C)C. The molecule has 0 aromatic heterocycles. The van der Waals surface area contributed by atoms with E-state index in [9.17, 15) is 9.46 Å². The third kappa shape index (κ3) is 6.92. The maximum atomic E-state index is 11.4. The quantitative estimate of drug-likeness (QED) is 0.686. The molecular weight excluding hydrogens is 245 g/mol. The first-order valence-corrected chi connectivity index (χ1v) is 8.84. The summed E-state index contributed by atoms with van der Waals surface area (Å²) in [4.78, 5) is 11.7. The Hall–Kier alpha value is 0.460. The molecule has 4 nitrogen and oxygen atoms in total. The van der Waals surface area contributed by atoms with E-state index in [1.807, 2.05) is 0 Å².